The van der Waals surface area contributed by atoms with Gasteiger partial charge >= 0.3 is 0 Å². The molecule has 18 heavy (non-hydrogen) atoms. The first-order valence-electron chi connectivity index (χ1n) is 6.75. The van der Waals surface area contributed by atoms with E-state index >= 15 is 0 Å². The normalized spacial score (nSPS) is 35.0. The van der Waals surface area contributed by atoms with Crippen LogP contribution in [0.3, 0.4) is 0 Å². The van der Waals surface area contributed by atoms with Gasteiger partial charge in [0.2, 0.25) is 0 Å². The van der Waals surface area contributed by atoms with Gasteiger partial charge < -0.3 is 0 Å². The van der Waals surface area contributed by atoms with Crippen LogP contribution in [0.1, 0.15) is 94.9 Å². The summed E-state index contributed by atoms with van der Waals surface area (Å²) >= 11 is 0. The predicted molar refractivity (Wildman–Crippen MR) is 89.2 cm³/mol. The zero-order valence-corrected chi connectivity index (χ0v) is 9.97. The van der Waals surface area contributed by atoms with E-state index in [0.29, 0.717) is 0 Å². The molecule has 0 heterocycles. The van der Waals surface area contributed by atoms with Gasteiger partial charge in [-0.15, -0.1) is 0 Å². The Labute approximate surface area is 119 Å². The molecule has 0 spiro atoms. The minimum Gasteiger partial charge on any atom is -0.0776 e. The second-order valence-corrected chi connectivity index (χ2v) is 6.04. The Balaban J connectivity index is -0.000000562. The maximum absolute atomic E-state index is 2.43. The monoisotopic (exact) mass is 258 g/mol. The molecule has 2 aliphatic rings. The molecule has 114 valence electrons. The highest BCUT2D eigenvalue weighted by Gasteiger charge is 2.28. The fourth-order valence-corrected chi connectivity index (χ4v) is 3.51. The summed E-state index contributed by atoms with van der Waals surface area (Å²) in [5.74, 6) is 4.26. The summed E-state index contributed by atoms with van der Waals surface area (Å²) in [6, 6.07) is 0. The van der Waals surface area contributed by atoms with E-state index in [1.807, 2.05) is 0 Å². The van der Waals surface area contributed by atoms with Crippen molar-refractivity contribution >= 4 is 0 Å². The van der Waals surface area contributed by atoms with E-state index < -0.39 is 0 Å². The van der Waals surface area contributed by atoms with Gasteiger partial charge in [-0.3, -0.25) is 0 Å². The van der Waals surface area contributed by atoms with Gasteiger partial charge in [-0.2, -0.15) is 0 Å². The van der Waals surface area contributed by atoms with Crippen LogP contribution in [-0.2, 0) is 0 Å². The summed E-state index contributed by atoms with van der Waals surface area (Å²) < 4.78 is 0. The molecule has 0 heteroatoms. The summed E-state index contributed by atoms with van der Waals surface area (Å²) in [5.41, 5.74) is 0. The van der Waals surface area contributed by atoms with Crippen molar-refractivity contribution in [3.63, 3.8) is 0 Å². The van der Waals surface area contributed by atoms with Crippen LogP contribution in [0.15, 0.2) is 0 Å². The van der Waals surface area contributed by atoms with Crippen LogP contribution in [0, 0.1) is 23.7 Å². The largest absolute Gasteiger partial charge is 0.0776 e. The van der Waals surface area contributed by atoms with Crippen LogP contribution in [0.5, 0.6) is 0 Å². The molecule has 0 N–H and O–H groups in total. The lowest BCUT2D eigenvalue weighted by Gasteiger charge is -2.36. The molecule has 0 unspecified atom stereocenters. The summed E-state index contributed by atoms with van der Waals surface area (Å²) in [6.45, 7) is 4.86. The van der Waals surface area contributed by atoms with Gasteiger partial charge in [-0.1, -0.05) is 69.2 Å². The van der Waals surface area contributed by atoms with Gasteiger partial charge in [-0.25, -0.2) is 0 Å². The smallest absolute Gasteiger partial charge is 0.0386 e. The summed E-state index contributed by atoms with van der Waals surface area (Å²) in [4.78, 5) is 0. The number of rotatable bonds is 1. The Morgan fingerprint density at radius 1 is 0.444 bits per heavy atom. The molecular weight excluding hydrogens is 216 g/mol. The first-order valence-corrected chi connectivity index (χ1v) is 6.75. The Bertz CT molecular complexity index is 137. The minimum atomic E-state index is 0. The molecule has 0 nitrogen and oxygen atoms in total. The fraction of sp³-hybridized carbons (Fsp3) is 1.00. The molecule has 0 atom stereocenters. The number of hydrogen-bond donors (Lipinski definition) is 0. The van der Waals surface area contributed by atoms with Crippen molar-refractivity contribution < 1.29 is 0 Å². The lowest BCUT2D eigenvalue weighted by atomic mass is 9.70. The first-order chi connectivity index (χ1) is 6.75. The van der Waals surface area contributed by atoms with Crippen LogP contribution in [0.4, 0.5) is 0 Å². The van der Waals surface area contributed by atoms with Crippen molar-refractivity contribution in [2.24, 2.45) is 23.7 Å². The van der Waals surface area contributed by atoms with Gasteiger partial charge in [0.15, 0.2) is 0 Å². The van der Waals surface area contributed by atoms with E-state index in [-0.39, 0.29) is 29.7 Å². The van der Waals surface area contributed by atoms with Crippen molar-refractivity contribution in [1.29, 1.82) is 0 Å². The van der Waals surface area contributed by atoms with Crippen LogP contribution in [0.25, 0.3) is 0 Å². The Morgan fingerprint density at radius 3 is 0.889 bits per heavy atom. The molecule has 0 amide bonds. The van der Waals surface area contributed by atoms with Gasteiger partial charge in [-0.05, 0) is 49.4 Å². The topological polar surface area (TPSA) is 0 Å². The molecule has 0 aromatic heterocycles. The Kier molecular flexibility index (Phi) is 14.0. The summed E-state index contributed by atoms with van der Waals surface area (Å²) in [6.07, 6.45) is 12.2. The van der Waals surface area contributed by atoms with E-state index in [1.54, 1.807) is 25.7 Å². The average molecular weight is 259 g/mol. The molecule has 2 aliphatic carbocycles. The number of hydrogen-bond acceptors (Lipinski definition) is 0. The SMILES string of the molecule is C.C.C.C.CC1CCC(C2CCC(C)CC2)CC1. The van der Waals surface area contributed by atoms with Gasteiger partial charge in [0.05, 0.1) is 0 Å². The summed E-state index contributed by atoms with van der Waals surface area (Å²) in [5, 5.41) is 0. The van der Waals surface area contributed by atoms with Crippen molar-refractivity contribution in [3.05, 3.63) is 0 Å². The molecule has 0 aliphatic heterocycles. The molecule has 2 rings (SSSR count). The predicted octanol–water partition coefficient (Wildman–Crippen LogP) is 7.18. The fourth-order valence-electron chi connectivity index (χ4n) is 3.51. The van der Waals surface area contributed by atoms with Gasteiger partial charge in [0, 0.05) is 0 Å². The highest BCUT2D eigenvalue weighted by molar-refractivity contribution is 4.80. The standard InChI is InChI=1S/C14H26.4CH4/c1-11-3-7-13(8-4-11)14-9-5-12(2)6-10-14;;;;/h11-14H,3-10H2,1-2H3;4*1H4. The summed E-state index contributed by atoms with van der Waals surface area (Å²) in [7, 11) is 0. The molecule has 0 saturated heterocycles. The Morgan fingerprint density at radius 2 is 0.667 bits per heavy atom. The quantitative estimate of drug-likeness (QED) is 0.467. The molecular formula is C18H42. The van der Waals surface area contributed by atoms with E-state index in [9.17, 15) is 0 Å². The maximum atomic E-state index is 2.43. The second-order valence-electron chi connectivity index (χ2n) is 6.04. The van der Waals surface area contributed by atoms with Crippen molar-refractivity contribution in [2.45, 2.75) is 94.9 Å². The van der Waals surface area contributed by atoms with Crippen molar-refractivity contribution in [1.82, 2.24) is 0 Å². The van der Waals surface area contributed by atoms with Crippen molar-refractivity contribution in [2.75, 3.05) is 0 Å². The van der Waals surface area contributed by atoms with Crippen LogP contribution >= 0.6 is 0 Å². The zero-order valence-electron chi connectivity index (χ0n) is 9.97. The van der Waals surface area contributed by atoms with Gasteiger partial charge in [0.1, 0.15) is 0 Å². The Hall–Kier alpha value is 0. The van der Waals surface area contributed by atoms with E-state index in [2.05, 4.69) is 13.8 Å². The molecule has 0 bridgehead atoms. The molecule has 2 fully saturated rings. The van der Waals surface area contributed by atoms with Crippen molar-refractivity contribution in [3.8, 4) is 0 Å². The lowest BCUT2D eigenvalue weighted by molar-refractivity contribution is 0.155. The molecule has 0 aromatic rings. The van der Waals surface area contributed by atoms with E-state index in [0.717, 1.165) is 23.7 Å². The molecule has 2 saturated carbocycles. The zero-order chi connectivity index (χ0) is 9.97. The third-order valence-corrected chi connectivity index (χ3v) is 4.79. The third-order valence-electron chi connectivity index (χ3n) is 4.79. The minimum absolute atomic E-state index is 0. The highest BCUT2D eigenvalue weighted by atomic mass is 14.3. The lowest BCUT2D eigenvalue weighted by Crippen LogP contribution is -2.24. The van der Waals surface area contributed by atoms with Crippen LogP contribution in [-0.4, -0.2) is 0 Å². The molecule has 0 radical (unpaired) electrons. The second kappa shape index (κ2) is 10.9. The van der Waals surface area contributed by atoms with Crippen LogP contribution in [0.2, 0.25) is 0 Å². The highest BCUT2D eigenvalue weighted by Crippen LogP contribution is 2.40. The maximum Gasteiger partial charge on any atom is -0.0386 e. The molecule has 0 aromatic carbocycles. The van der Waals surface area contributed by atoms with Crippen LogP contribution < -0.4 is 0 Å². The third kappa shape index (κ3) is 6.25. The van der Waals surface area contributed by atoms with E-state index in [1.165, 1.54) is 25.7 Å². The van der Waals surface area contributed by atoms with Gasteiger partial charge in [0.25, 0.3) is 0 Å². The first kappa shape index (κ1) is 23.1. The average Bonchev–Trinajstić information content (AvgIpc) is 2.21. The van der Waals surface area contributed by atoms with E-state index in [4.69, 9.17) is 0 Å².